The number of anilines is 1. The Kier molecular flexibility index (Phi) is 4.93. The highest BCUT2D eigenvalue weighted by Gasteiger charge is 2.15. The van der Waals surface area contributed by atoms with E-state index >= 15 is 0 Å². The molecule has 0 spiro atoms. The average Bonchev–Trinajstić information content (AvgIpc) is 3.03. The fraction of sp³-hybridized carbons (Fsp3) is 0.538. The number of methoxy groups -OCH3 is 1. The van der Waals surface area contributed by atoms with Gasteiger partial charge in [-0.25, -0.2) is 9.97 Å². The molecule has 0 bridgehead atoms. The third-order valence-electron chi connectivity index (χ3n) is 2.89. The molecule has 2 aromatic heterocycles. The molecule has 1 N–H and O–H groups in total. The molecule has 0 radical (unpaired) electrons. The van der Waals surface area contributed by atoms with Crippen molar-refractivity contribution in [3.63, 3.8) is 0 Å². The smallest absolute Gasteiger partial charge is 0.203 e. The predicted octanol–water partition coefficient (Wildman–Crippen LogP) is 2.71. The highest BCUT2D eigenvalue weighted by Crippen LogP contribution is 2.24. The average molecular weight is 280 g/mol. The molecule has 2 aromatic rings. The van der Waals surface area contributed by atoms with Gasteiger partial charge in [0.05, 0.1) is 11.7 Å². The van der Waals surface area contributed by atoms with E-state index in [0.29, 0.717) is 0 Å². The normalized spacial score (nSPS) is 12.6. The second kappa shape index (κ2) is 6.68. The van der Waals surface area contributed by atoms with Crippen molar-refractivity contribution in [3.8, 4) is 0 Å². The van der Waals surface area contributed by atoms with Crippen molar-refractivity contribution in [1.82, 2.24) is 14.5 Å². The molecule has 0 aromatic carbocycles. The number of rotatable bonds is 7. The number of hydrogen-bond acceptors (Lipinski definition) is 5. The number of imidazole rings is 1. The topological polar surface area (TPSA) is 52.0 Å². The summed E-state index contributed by atoms with van der Waals surface area (Å²) in [5.74, 6) is 0.899. The van der Waals surface area contributed by atoms with E-state index in [0.717, 1.165) is 36.2 Å². The quantitative estimate of drug-likeness (QED) is 0.792. The van der Waals surface area contributed by atoms with Crippen molar-refractivity contribution in [3.05, 3.63) is 28.5 Å². The molecule has 0 saturated heterocycles. The van der Waals surface area contributed by atoms with E-state index in [2.05, 4.69) is 33.0 Å². The number of nitrogens with one attached hydrogen (secondary N) is 1. The highest BCUT2D eigenvalue weighted by molar-refractivity contribution is 7.09. The third-order valence-corrected chi connectivity index (χ3v) is 3.83. The molecule has 19 heavy (non-hydrogen) atoms. The van der Waals surface area contributed by atoms with Crippen LogP contribution in [0, 0.1) is 6.92 Å². The summed E-state index contributed by atoms with van der Waals surface area (Å²) in [6.07, 6.45) is 4.87. The number of aromatic nitrogens is 3. The van der Waals surface area contributed by atoms with Crippen molar-refractivity contribution in [2.24, 2.45) is 0 Å². The van der Waals surface area contributed by atoms with Gasteiger partial charge in [0, 0.05) is 38.0 Å². The van der Waals surface area contributed by atoms with E-state index in [1.54, 1.807) is 18.4 Å². The Hall–Kier alpha value is -1.40. The van der Waals surface area contributed by atoms with Crippen molar-refractivity contribution in [1.29, 1.82) is 0 Å². The van der Waals surface area contributed by atoms with Gasteiger partial charge in [-0.2, -0.15) is 0 Å². The summed E-state index contributed by atoms with van der Waals surface area (Å²) >= 11 is 1.67. The molecule has 5 nitrogen and oxygen atoms in total. The first-order valence-corrected chi connectivity index (χ1v) is 7.28. The molecule has 0 aliphatic rings. The van der Waals surface area contributed by atoms with Crippen LogP contribution in [-0.2, 0) is 4.74 Å². The second-order valence-corrected chi connectivity index (χ2v) is 5.36. The summed E-state index contributed by atoms with van der Waals surface area (Å²) in [6, 6.07) is 0.200. The Morgan fingerprint density at radius 1 is 1.53 bits per heavy atom. The Morgan fingerprint density at radius 2 is 2.37 bits per heavy atom. The van der Waals surface area contributed by atoms with Gasteiger partial charge in [0.1, 0.15) is 5.01 Å². The predicted molar refractivity (Wildman–Crippen MR) is 77.9 cm³/mol. The van der Waals surface area contributed by atoms with Crippen LogP contribution in [-0.4, -0.2) is 34.8 Å². The minimum atomic E-state index is 0.200. The van der Waals surface area contributed by atoms with E-state index in [9.17, 15) is 0 Å². The lowest BCUT2D eigenvalue weighted by Crippen LogP contribution is -2.13. The fourth-order valence-electron chi connectivity index (χ4n) is 1.92. The van der Waals surface area contributed by atoms with Crippen molar-refractivity contribution in [2.45, 2.75) is 26.3 Å². The highest BCUT2D eigenvalue weighted by atomic mass is 32.1. The zero-order valence-electron chi connectivity index (χ0n) is 11.6. The summed E-state index contributed by atoms with van der Waals surface area (Å²) in [5.41, 5.74) is 1.01. The Morgan fingerprint density at radius 3 is 3.05 bits per heavy atom. The van der Waals surface area contributed by atoms with Crippen LogP contribution in [0.3, 0.4) is 0 Å². The summed E-state index contributed by atoms with van der Waals surface area (Å²) in [7, 11) is 1.72. The van der Waals surface area contributed by atoms with Crippen molar-refractivity contribution < 1.29 is 4.74 Å². The largest absolute Gasteiger partial charge is 0.385 e. The van der Waals surface area contributed by atoms with Gasteiger partial charge in [-0.1, -0.05) is 0 Å². The molecule has 2 rings (SSSR count). The van der Waals surface area contributed by atoms with Gasteiger partial charge in [0.25, 0.3) is 0 Å². The fourth-order valence-corrected chi connectivity index (χ4v) is 2.61. The standard InChI is InChI=1S/C13H20N4OS/c1-10-9-17(11(2)12-14-6-8-19-12)13(16-10)15-5-4-7-18-3/h6,8-9,11H,4-5,7H2,1-3H3,(H,15,16). The van der Waals surface area contributed by atoms with Crippen LogP contribution in [0.1, 0.15) is 30.1 Å². The molecule has 1 atom stereocenters. The van der Waals surface area contributed by atoms with E-state index in [-0.39, 0.29) is 6.04 Å². The summed E-state index contributed by atoms with van der Waals surface area (Å²) in [6.45, 7) is 5.76. The maximum atomic E-state index is 5.05. The zero-order chi connectivity index (χ0) is 13.7. The van der Waals surface area contributed by atoms with E-state index < -0.39 is 0 Å². The monoisotopic (exact) mass is 280 g/mol. The maximum Gasteiger partial charge on any atom is 0.203 e. The summed E-state index contributed by atoms with van der Waals surface area (Å²) in [5, 5.41) is 6.46. The molecule has 0 amide bonds. The molecule has 0 saturated carbocycles. The summed E-state index contributed by atoms with van der Waals surface area (Å²) < 4.78 is 7.19. The zero-order valence-corrected chi connectivity index (χ0v) is 12.4. The van der Waals surface area contributed by atoms with Crippen LogP contribution in [0.15, 0.2) is 17.8 Å². The Balaban J connectivity index is 2.07. The summed E-state index contributed by atoms with van der Waals surface area (Å²) in [4.78, 5) is 8.90. The Bertz CT molecular complexity index is 495. The molecular weight excluding hydrogens is 260 g/mol. The van der Waals surface area contributed by atoms with E-state index in [4.69, 9.17) is 4.74 Å². The first-order chi connectivity index (χ1) is 9.22. The number of aryl methyl sites for hydroxylation is 1. The van der Waals surface area contributed by atoms with Gasteiger partial charge in [-0.3, -0.25) is 0 Å². The molecule has 104 valence electrons. The molecule has 0 fully saturated rings. The minimum Gasteiger partial charge on any atom is -0.385 e. The van der Waals surface area contributed by atoms with Crippen LogP contribution in [0.2, 0.25) is 0 Å². The van der Waals surface area contributed by atoms with Crippen LogP contribution in [0.4, 0.5) is 5.95 Å². The van der Waals surface area contributed by atoms with Crippen molar-refractivity contribution in [2.75, 3.05) is 25.6 Å². The molecule has 1 unspecified atom stereocenters. The number of nitrogens with zero attached hydrogens (tertiary/aromatic N) is 3. The van der Waals surface area contributed by atoms with Gasteiger partial charge < -0.3 is 14.6 Å². The van der Waals surface area contributed by atoms with Gasteiger partial charge >= 0.3 is 0 Å². The first kappa shape index (κ1) is 14.0. The molecule has 0 aliphatic carbocycles. The minimum absolute atomic E-state index is 0.200. The second-order valence-electron chi connectivity index (χ2n) is 4.43. The lowest BCUT2D eigenvalue weighted by molar-refractivity contribution is 0.197. The van der Waals surface area contributed by atoms with Crippen LogP contribution in [0.5, 0.6) is 0 Å². The molecule has 2 heterocycles. The van der Waals surface area contributed by atoms with Gasteiger partial charge in [-0.15, -0.1) is 11.3 Å². The van der Waals surface area contributed by atoms with Crippen LogP contribution in [0.25, 0.3) is 0 Å². The molecule has 6 heteroatoms. The third kappa shape index (κ3) is 3.54. The maximum absolute atomic E-state index is 5.05. The lowest BCUT2D eigenvalue weighted by Gasteiger charge is -2.14. The van der Waals surface area contributed by atoms with Gasteiger partial charge in [0.15, 0.2) is 0 Å². The van der Waals surface area contributed by atoms with Gasteiger partial charge in [0.2, 0.25) is 5.95 Å². The van der Waals surface area contributed by atoms with Gasteiger partial charge in [-0.05, 0) is 20.3 Å². The molecule has 0 aliphatic heterocycles. The van der Waals surface area contributed by atoms with E-state index in [1.807, 2.05) is 18.5 Å². The number of ether oxygens (including phenoxy) is 1. The van der Waals surface area contributed by atoms with E-state index in [1.165, 1.54) is 0 Å². The van der Waals surface area contributed by atoms with Crippen LogP contribution < -0.4 is 5.32 Å². The SMILES string of the molecule is COCCCNc1nc(C)cn1C(C)c1nccs1. The first-order valence-electron chi connectivity index (χ1n) is 6.40. The van der Waals surface area contributed by atoms with Crippen LogP contribution >= 0.6 is 11.3 Å². The van der Waals surface area contributed by atoms with Crippen molar-refractivity contribution >= 4 is 17.3 Å². The molecular formula is C13H20N4OS. The number of hydrogen-bond donors (Lipinski definition) is 1. The Labute approximate surface area is 117 Å². The lowest BCUT2D eigenvalue weighted by atomic mass is 10.3. The number of thiazole rings is 1.